The van der Waals surface area contributed by atoms with E-state index in [0.29, 0.717) is 6.04 Å². The van der Waals surface area contributed by atoms with Crippen molar-refractivity contribution in [3.63, 3.8) is 0 Å². The highest BCUT2D eigenvalue weighted by atomic mass is 16.5. The van der Waals surface area contributed by atoms with Crippen LogP contribution in [-0.4, -0.2) is 54.6 Å². The molecule has 6 heteroatoms. The van der Waals surface area contributed by atoms with Crippen molar-refractivity contribution in [1.29, 1.82) is 0 Å². The zero-order chi connectivity index (χ0) is 23.1. The molecule has 1 aromatic carbocycles. The number of rotatable bonds is 12. The monoisotopic (exact) mass is 437 g/mol. The van der Waals surface area contributed by atoms with E-state index in [-0.39, 0.29) is 6.04 Å². The van der Waals surface area contributed by atoms with Crippen LogP contribution in [0.1, 0.15) is 50.9 Å². The maximum atomic E-state index is 5.26. The van der Waals surface area contributed by atoms with Gasteiger partial charge in [-0.25, -0.2) is 4.98 Å². The largest absolute Gasteiger partial charge is 0.497 e. The first kappa shape index (κ1) is 24.1. The van der Waals surface area contributed by atoms with Gasteiger partial charge < -0.3 is 19.9 Å². The molecule has 2 heterocycles. The van der Waals surface area contributed by atoms with Crippen molar-refractivity contribution < 1.29 is 4.74 Å². The maximum Gasteiger partial charge on any atom is 0.138 e. The van der Waals surface area contributed by atoms with Crippen molar-refractivity contribution in [1.82, 2.24) is 19.6 Å². The molecule has 0 radical (unpaired) electrons. The summed E-state index contributed by atoms with van der Waals surface area (Å²) in [4.78, 5) is 9.66. The Morgan fingerprint density at radius 2 is 1.81 bits per heavy atom. The van der Waals surface area contributed by atoms with Gasteiger partial charge in [0.2, 0.25) is 0 Å². The van der Waals surface area contributed by atoms with Crippen molar-refractivity contribution in [3.8, 4) is 5.75 Å². The van der Waals surface area contributed by atoms with Crippen molar-refractivity contribution >= 4 is 11.5 Å². The highest BCUT2D eigenvalue weighted by molar-refractivity contribution is 5.52. The molecule has 174 valence electrons. The number of fused-ring (bicyclic) bond motifs is 1. The first-order valence-corrected chi connectivity index (χ1v) is 11.7. The Balaban J connectivity index is 1.72. The predicted molar refractivity (Wildman–Crippen MR) is 134 cm³/mol. The number of anilines is 1. The van der Waals surface area contributed by atoms with E-state index in [1.807, 2.05) is 12.1 Å². The quantitative estimate of drug-likeness (QED) is 0.443. The number of ether oxygens (including phenoxy) is 1. The number of hydrogen-bond acceptors (Lipinski definition) is 5. The molecular weight excluding hydrogens is 398 g/mol. The van der Waals surface area contributed by atoms with E-state index in [0.717, 1.165) is 49.6 Å². The van der Waals surface area contributed by atoms with E-state index in [1.165, 1.54) is 11.4 Å². The van der Waals surface area contributed by atoms with Gasteiger partial charge in [-0.1, -0.05) is 25.1 Å². The van der Waals surface area contributed by atoms with Crippen LogP contribution >= 0.6 is 0 Å². The second kappa shape index (κ2) is 11.3. The standard InChI is InChI=1S/C26H39N5O/c1-7-16-30(17-15-20(2)29(4)5)26-10-8-9-25-28-23(19-31(25)26)18-27-21(3)22-11-13-24(32-6)14-12-22/h8-14,19-21,27H,7,15-18H2,1-6H3/t20?,21-/m0/s1. The summed E-state index contributed by atoms with van der Waals surface area (Å²) in [5.74, 6) is 2.10. The van der Waals surface area contributed by atoms with Crippen LogP contribution in [0.4, 0.5) is 5.82 Å². The van der Waals surface area contributed by atoms with Crippen LogP contribution in [0.3, 0.4) is 0 Å². The van der Waals surface area contributed by atoms with Gasteiger partial charge in [-0.15, -0.1) is 0 Å². The number of aromatic nitrogens is 2. The van der Waals surface area contributed by atoms with Crippen molar-refractivity contribution in [3.05, 3.63) is 59.9 Å². The lowest BCUT2D eigenvalue weighted by atomic mass is 10.1. The van der Waals surface area contributed by atoms with Gasteiger partial charge in [0.25, 0.3) is 0 Å². The first-order chi connectivity index (χ1) is 15.4. The Labute approximate surface area is 193 Å². The number of methoxy groups -OCH3 is 1. The lowest BCUT2D eigenvalue weighted by Gasteiger charge is -2.28. The van der Waals surface area contributed by atoms with Crippen molar-refractivity contribution in [2.24, 2.45) is 0 Å². The Bertz CT molecular complexity index is 966. The summed E-state index contributed by atoms with van der Waals surface area (Å²) in [7, 11) is 5.99. The van der Waals surface area contributed by atoms with Crippen molar-refractivity contribution in [2.45, 2.75) is 52.2 Å². The van der Waals surface area contributed by atoms with Crippen LogP contribution in [0, 0.1) is 0 Å². The van der Waals surface area contributed by atoms with E-state index >= 15 is 0 Å². The summed E-state index contributed by atoms with van der Waals surface area (Å²) < 4.78 is 7.50. The zero-order valence-electron chi connectivity index (χ0n) is 20.5. The highest BCUT2D eigenvalue weighted by Crippen LogP contribution is 2.21. The zero-order valence-corrected chi connectivity index (χ0v) is 20.5. The van der Waals surface area contributed by atoms with Crippen LogP contribution < -0.4 is 15.0 Å². The Morgan fingerprint density at radius 1 is 1.06 bits per heavy atom. The molecule has 0 aliphatic rings. The number of pyridine rings is 1. The fourth-order valence-electron chi connectivity index (χ4n) is 3.87. The number of imidazole rings is 1. The molecule has 3 rings (SSSR count). The van der Waals surface area contributed by atoms with E-state index in [4.69, 9.17) is 9.72 Å². The molecular formula is C26H39N5O. The molecule has 1 N–H and O–H groups in total. The lowest BCUT2D eigenvalue weighted by Crippen LogP contribution is -2.33. The Kier molecular flexibility index (Phi) is 8.53. The Hall–Kier alpha value is -2.57. The minimum atomic E-state index is 0.231. The average molecular weight is 438 g/mol. The van der Waals surface area contributed by atoms with Gasteiger partial charge in [-0.3, -0.25) is 4.40 Å². The molecule has 6 nitrogen and oxygen atoms in total. The van der Waals surface area contributed by atoms with Crippen LogP contribution in [0.15, 0.2) is 48.7 Å². The van der Waals surface area contributed by atoms with Crippen LogP contribution in [-0.2, 0) is 6.54 Å². The van der Waals surface area contributed by atoms with Gasteiger partial charge in [0.15, 0.2) is 0 Å². The van der Waals surface area contributed by atoms with Crippen molar-refractivity contribution in [2.75, 3.05) is 39.2 Å². The van der Waals surface area contributed by atoms with E-state index in [1.54, 1.807) is 7.11 Å². The van der Waals surface area contributed by atoms with Gasteiger partial charge in [0.05, 0.1) is 12.8 Å². The second-order valence-corrected chi connectivity index (χ2v) is 8.81. The summed E-state index contributed by atoms with van der Waals surface area (Å²) in [6.45, 7) is 9.51. The summed E-state index contributed by atoms with van der Waals surface area (Å²) in [5, 5.41) is 3.60. The van der Waals surface area contributed by atoms with E-state index in [9.17, 15) is 0 Å². The second-order valence-electron chi connectivity index (χ2n) is 8.81. The molecule has 0 spiro atoms. The molecule has 0 fully saturated rings. The summed E-state index contributed by atoms with van der Waals surface area (Å²) >= 11 is 0. The maximum absolute atomic E-state index is 5.26. The fraction of sp³-hybridized carbons (Fsp3) is 0.500. The smallest absolute Gasteiger partial charge is 0.138 e. The molecule has 2 aromatic heterocycles. The molecule has 0 aliphatic carbocycles. The van der Waals surface area contributed by atoms with Gasteiger partial charge >= 0.3 is 0 Å². The minimum absolute atomic E-state index is 0.231. The predicted octanol–water partition coefficient (Wildman–Crippen LogP) is 4.75. The molecule has 3 aromatic rings. The van der Waals surface area contributed by atoms with E-state index < -0.39 is 0 Å². The van der Waals surface area contributed by atoms with Gasteiger partial charge in [-0.05, 0) is 70.6 Å². The number of benzene rings is 1. The molecule has 0 saturated heterocycles. The lowest BCUT2D eigenvalue weighted by molar-refractivity contribution is 0.300. The molecule has 0 amide bonds. The molecule has 0 aliphatic heterocycles. The summed E-state index contributed by atoms with van der Waals surface area (Å²) in [6.07, 6.45) is 4.43. The molecule has 32 heavy (non-hydrogen) atoms. The van der Waals surface area contributed by atoms with Gasteiger partial charge in [-0.2, -0.15) is 0 Å². The summed E-state index contributed by atoms with van der Waals surface area (Å²) in [6, 6.07) is 15.4. The SMILES string of the molecule is CCCN(CCC(C)N(C)C)c1cccc2nc(CN[C@@H](C)c3ccc(OC)cc3)cn12. The van der Waals surface area contributed by atoms with Crippen LogP contribution in [0.2, 0.25) is 0 Å². The molecule has 0 saturated carbocycles. The van der Waals surface area contributed by atoms with Gasteiger partial charge in [0.1, 0.15) is 17.2 Å². The van der Waals surface area contributed by atoms with E-state index in [2.05, 4.69) is 90.9 Å². The summed E-state index contributed by atoms with van der Waals surface area (Å²) in [5.41, 5.74) is 3.29. The topological polar surface area (TPSA) is 45.0 Å². The van der Waals surface area contributed by atoms with Gasteiger partial charge in [0, 0.05) is 37.9 Å². The Morgan fingerprint density at radius 3 is 2.47 bits per heavy atom. The third kappa shape index (κ3) is 6.02. The van der Waals surface area contributed by atoms with Crippen LogP contribution in [0.5, 0.6) is 5.75 Å². The minimum Gasteiger partial charge on any atom is -0.497 e. The average Bonchev–Trinajstić information content (AvgIpc) is 3.23. The molecule has 0 bridgehead atoms. The first-order valence-electron chi connectivity index (χ1n) is 11.7. The fourth-order valence-corrected chi connectivity index (χ4v) is 3.87. The highest BCUT2D eigenvalue weighted by Gasteiger charge is 2.14. The number of nitrogens with one attached hydrogen (secondary N) is 1. The third-order valence-corrected chi connectivity index (χ3v) is 6.24. The molecule has 2 atom stereocenters. The normalized spacial score (nSPS) is 13.5. The molecule has 1 unspecified atom stereocenters. The third-order valence-electron chi connectivity index (χ3n) is 6.24. The number of hydrogen-bond donors (Lipinski definition) is 1. The van der Waals surface area contributed by atoms with Crippen LogP contribution in [0.25, 0.3) is 5.65 Å². The number of nitrogens with zero attached hydrogens (tertiary/aromatic N) is 4.